The third-order valence-electron chi connectivity index (χ3n) is 4.30. The van der Waals surface area contributed by atoms with E-state index in [0.717, 1.165) is 23.3 Å². The van der Waals surface area contributed by atoms with E-state index in [1.165, 1.54) is 0 Å². The van der Waals surface area contributed by atoms with Crippen LogP contribution in [-0.2, 0) is 9.53 Å². The van der Waals surface area contributed by atoms with E-state index in [-0.39, 0.29) is 18.2 Å². The molecule has 1 aliphatic rings. The lowest BCUT2D eigenvalue weighted by atomic mass is 10.0. The summed E-state index contributed by atoms with van der Waals surface area (Å²) in [6.07, 6.45) is 0.788. The summed E-state index contributed by atoms with van der Waals surface area (Å²) in [4.78, 5) is 11.5. The van der Waals surface area contributed by atoms with Crippen molar-refractivity contribution < 1.29 is 14.3 Å². The van der Waals surface area contributed by atoms with Crippen molar-refractivity contribution in [3.8, 4) is 22.9 Å². The van der Waals surface area contributed by atoms with Gasteiger partial charge in [-0.25, -0.2) is 4.79 Å². The van der Waals surface area contributed by atoms with E-state index in [4.69, 9.17) is 14.7 Å². The van der Waals surface area contributed by atoms with Crippen LogP contribution in [0.1, 0.15) is 25.3 Å². The van der Waals surface area contributed by atoms with Crippen molar-refractivity contribution in [2.75, 3.05) is 0 Å². The maximum Gasteiger partial charge on any atom is 0.333 e. The molecule has 126 valence electrons. The predicted molar refractivity (Wildman–Crippen MR) is 94.9 cm³/mol. The van der Waals surface area contributed by atoms with Crippen LogP contribution in [0.5, 0.6) is 5.75 Å². The number of esters is 1. The summed E-state index contributed by atoms with van der Waals surface area (Å²) in [5.74, 6) is 0.404. The van der Waals surface area contributed by atoms with Crippen LogP contribution >= 0.6 is 0 Å². The Morgan fingerprint density at radius 1 is 1.20 bits per heavy atom. The van der Waals surface area contributed by atoms with Gasteiger partial charge in [0.25, 0.3) is 0 Å². The van der Waals surface area contributed by atoms with E-state index in [2.05, 4.69) is 12.6 Å². The van der Waals surface area contributed by atoms with Gasteiger partial charge in [-0.3, -0.25) is 0 Å². The van der Waals surface area contributed by atoms with Crippen LogP contribution in [0.3, 0.4) is 0 Å². The quantitative estimate of drug-likeness (QED) is 0.606. The molecule has 3 rings (SSSR count). The zero-order valence-corrected chi connectivity index (χ0v) is 14.1. The molecule has 1 heterocycles. The lowest BCUT2D eigenvalue weighted by molar-refractivity contribution is -0.142. The van der Waals surface area contributed by atoms with Gasteiger partial charge in [-0.2, -0.15) is 5.26 Å². The Hall–Kier alpha value is -3.06. The number of nitriles is 1. The van der Waals surface area contributed by atoms with Gasteiger partial charge in [0, 0.05) is 12.0 Å². The first-order valence-electron chi connectivity index (χ1n) is 8.26. The first-order valence-corrected chi connectivity index (χ1v) is 8.26. The van der Waals surface area contributed by atoms with Crippen molar-refractivity contribution in [3.05, 3.63) is 66.2 Å². The molecular weight excluding hydrogens is 314 g/mol. The summed E-state index contributed by atoms with van der Waals surface area (Å²) < 4.78 is 11.3. The summed E-state index contributed by atoms with van der Waals surface area (Å²) in [7, 11) is 0. The first-order chi connectivity index (χ1) is 12.1. The van der Waals surface area contributed by atoms with Crippen molar-refractivity contribution in [1.82, 2.24) is 0 Å². The second-order valence-electron chi connectivity index (χ2n) is 6.03. The smallest absolute Gasteiger partial charge is 0.333 e. The zero-order valence-electron chi connectivity index (χ0n) is 14.1. The average Bonchev–Trinajstić information content (AvgIpc) is 2.99. The molecule has 0 radical (unpaired) electrons. The molecule has 1 aliphatic heterocycles. The number of benzene rings is 2. The van der Waals surface area contributed by atoms with Gasteiger partial charge in [-0.1, -0.05) is 37.8 Å². The largest absolute Gasteiger partial charge is 0.487 e. The van der Waals surface area contributed by atoms with Gasteiger partial charge in [-0.15, -0.1) is 0 Å². The van der Waals surface area contributed by atoms with Gasteiger partial charge in [0.2, 0.25) is 0 Å². The van der Waals surface area contributed by atoms with E-state index in [0.29, 0.717) is 17.6 Å². The summed E-state index contributed by atoms with van der Waals surface area (Å²) in [6, 6.07) is 17.3. The average molecular weight is 333 g/mol. The molecular formula is C21H19NO3. The molecule has 1 saturated heterocycles. The SMILES string of the molecule is C=C1CC(C(CC)Oc2ccc(-c3ccc(C#N)cc3)cc2)OC1=O. The van der Waals surface area contributed by atoms with Crippen LogP contribution in [0, 0.1) is 11.3 Å². The monoisotopic (exact) mass is 333 g/mol. The second-order valence-corrected chi connectivity index (χ2v) is 6.03. The molecule has 1 fully saturated rings. The fourth-order valence-corrected chi connectivity index (χ4v) is 2.86. The highest BCUT2D eigenvalue weighted by Crippen LogP contribution is 2.28. The molecule has 0 amide bonds. The van der Waals surface area contributed by atoms with E-state index in [9.17, 15) is 4.79 Å². The standard InChI is InChI=1S/C21H19NO3/c1-3-19(20-12-14(2)21(23)25-20)24-18-10-8-17(9-11-18)16-6-4-15(13-22)5-7-16/h4-11,19-20H,2-3,12H2,1H3. The molecule has 0 N–H and O–H groups in total. The van der Waals surface area contributed by atoms with Crippen molar-refractivity contribution in [2.45, 2.75) is 32.0 Å². The van der Waals surface area contributed by atoms with Gasteiger partial charge in [0.05, 0.1) is 11.6 Å². The van der Waals surface area contributed by atoms with Crippen LogP contribution < -0.4 is 4.74 Å². The summed E-state index contributed by atoms with van der Waals surface area (Å²) in [6.45, 7) is 5.72. The van der Waals surface area contributed by atoms with Crippen molar-refractivity contribution >= 4 is 5.97 Å². The third kappa shape index (κ3) is 3.72. The minimum atomic E-state index is -0.330. The highest BCUT2D eigenvalue weighted by Gasteiger charge is 2.34. The van der Waals surface area contributed by atoms with Gasteiger partial charge in [0.1, 0.15) is 18.0 Å². The Kier molecular flexibility index (Phi) is 4.85. The molecule has 0 aromatic heterocycles. The molecule has 25 heavy (non-hydrogen) atoms. The van der Waals surface area contributed by atoms with Crippen LogP contribution in [0.4, 0.5) is 0 Å². The van der Waals surface area contributed by atoms with Crippen molar-refractivity contribution in [3.63, 3.8) is 0 Å². The minimum absolute atomic E-state index is 0.191. The lowest BCUT2D eigenvalue weighted by Crippen LogP contribution is -2.31. The molecule has 0 spiro atoms. The lowest BCUT2D eigenvalue weighted by Gasteiger charge is -2.22. The topological polar surface area (TPSA) is 59.3 Å². The van der Waals surface area contributed by atoms with Crippen LogP contribution in [0.25, 0.3) is 11.1 Å². The van der Waals surface area contributed by atoms with E-state index in [1.807, 2.05) is 43.3 Å². The Labute approximate surface area is 147 Å². The number of hydrogen-bond donors (Lipinski definition) is 0. The second kappa shape index (κ2) is 7.23. The van der Waals surface area contributed by atoms with E-state index >= 15 is 0 Å². The minimum Gasteiger partial charge on any atom is -0.487 e. The maximum atomic E-state index is 11.5. The molecule has 2 atom stereocenters. The van der Waals surface area contributed by atoms with Gasteiger partial charge in [0.15, 0.2) is 0 Å². The van der Waals surface area contributed by atoms with Crippen LogP contribution in [0.2, 0.25) is 0 Å². The Balaban J connectivity index is 1.70. The molecule has 0 bridgehead atoms. The number of hydrogen-bond acceptors (Lipinski definition) is 4. The fourth-order valence-electron chi connectivity index (χ4n) is 2.86. The highest BCUT2D eigenvalue weighted by atomic mass is 16.6. The van der Waals surface area contributed by atoms with Crippen LogP contribution in [0.15, 0.2) is 60.7 Å². The van der Waals surface area contributed by atoms with E-state index < -0.39 is 0 Å². The first kappa shape index (κ1) is 16.8. The van der Waals surface area contributed by atoms with Crippen molar-refractivity contribution in [1.29, 1.82) is 5.26 Å². The molecule has 2 aromatic carbocycles. The molecule has 2 aromatic rings. The van der Waals surface area contributed by atoms with Gasteiger partial charge >= 0.3 is 5.97 Å². The summed E-state index contributed by atoms with van der Waals surface area (Å²) in [5.41, 5.74) is 3.23. The van der Waals surface area contributed by atoms with Gasteiger partial charge < -0.3 is 9.47 Å². The fraction of sp³-hybridized carbons (Fsp3) is 0.238. The maximum absolute atomic E-state index is 11.5. The Morgan fingerprint density at radius 3 is 2.28 bits per heavy atom. The predicted octanol–water partition coefficient (Wildman–Crippen LogP) is 4.25. The summed E-state index contributed by atoms with van der Waals surface area (Å²) in [5, 5.41) is 8.86. The number of cyclic esters (lactones) is 1. The highest BCUT2D eigenvalue weighted by molar-refractivity contribution is 5.90. The zero-order chi connectivity index (χ0) is 17.8. The summed E-state index contributed by atoms with van der Waals surface area (Å²) >= 11 is 0. The number of ether oxygens (including phenoxy) is 2. The molecule has 4 nitrogen and oxygen atoms in total. The number of nitrogens with zero attached hydrogens (tertiary/aromatic N) is 1. The van der Waals surface area contributed by atoms with Crippen LogP contribution in [-0.4, -0.2) is 18.2 Å². The molecule has 4 heteroatoms. The number of carbonyl (C=O) groups is 1. The van der Waals surface area contributed by atoms with E-state index in [1.54, 1.807) is 12.1 Å². The van der Waals surface area contributed by atoms with Crippen molar-refractivity contribution in [2.24, 2.45) is 0 Å². The van der Waals surface area contributed by atoms with Gasteiger partial charge in [-0.05, 0) is 41.8 Å². The number of rotatable bonds is 5. The Morgan fingerprint density at radius 2 is 1.80 bits per heavy atom. The normalized spacial score (nSPS) is 17.7. The Bertz CT molecular complexity index is 800. The molecule has 2 unspecified atom stereocenters. The third-order valence-corrected chi connectivity index (χ3v) is 4.30. The molecule has 0 aliphatic carbocycles. The molecule has 0 saturated carbocycles. The number of carbonyl (C=O) groups excluding carboxylic acids is 1.